The summed E-state index contributed by atoms with van der Waals surface area (Å²) in [6, 6.07) is 3.83. The Balaban J connectivity index is 1.91. The third-order valence-electron chi connectivity index (χ3n) is 7.81. The second-order valence-corrected chi connectivity index (χ2v) is 8.45. The lowest BCUT2D eigenvalue weighted by Gasteiger charge is -2.60. The van der Waals surface area contributed by atoms with E-state index in [0.717, 1.165) is 11.1 Å². The molecule has 1 aromatic rings. The minimum atomic E-state index is -1.30. The Labute approximate surface area is 169 Å². The van der Waals surface area contributed by atoms with Crippen LogP contribution in [0.5, 0.6) is 11.5 Å². The molecule has 0 aromatic heterocycles. The molecule has 2 aliphatic heterocycles. The van der Waals surface area contributed by atoms with Crippen LogP contribution in [0.2, 0.25) is 0 Å². The van der Waals surface area contributed by atoms with Gasteiger partial charge in [-0.05, 0) is 18.1 Å². The van der Waals surface area contributed by atoms with Crippen molar-refractivity contribution in [3.05, 3.63) is 23.3 Å². The molecule has 2 saturated heterocycles. The Morgan fingerprint density at radius 2 is 1.93 bits per heavy atom. The quantitative estimate of drug-likeness (QED) is 0.804. The van der Waals surface area contributed by atoms with Gasteiger partial charge < -0.3 is 33.7 Å². The summed E-state index contributed by atoms with van der Waals surface area (Å²) in [5.41, 5.74) is 0.235. The number of hydrogen-bond acceptors (Lipinski definition) is 7. The number of likely N-dealkylation sites (tertiary alicyclic amines) is 1. The Kier molecular flexibility index (Phi) is 3.85. The number of likely N-dealkylation sites (N-methyl/N-ethyl adjacent to an activating group) is 1. The summed E-state index contributed by atoms with van der Waals surface area (Å²) in [4.78, 5) is 15.0. The number of amides is 1. The van der Waals surface area contributed by atoms with Crippen LogP contribution in [0.15, 0.2) is 12.1 Å². The van der Waals surface area contributed by atoms with E-state index < -0.39 is 28.9 Å². The number of carbonyl (C=O) groups is 1. The zero-order chi connectivity index (χ0) is 20.8. The van der Waals surface area contributed by atoms with Crippen molar-refractivity contribution in [1.82, 2.24) is 4.90 Å². The predicted octanol–water partition coefficient (Wildman–Crippen LogP) is 1.14. The zero-order valence-corrected chi connectivity index (χ0v) is 17.4. The standard InChI is InChI=1S/C21H27NO7/c1-22-15(24)10-19-8-12(23)18(27-4)21(28-5)20(19,22)9-14(29-21)11-6-7-13(25-2)17(26-3)16(11)19/h6-7,12,14,18,23H,8-10H2,1-5H3/t12-,14-,18-,19+,20-,21-/m0/s1. The molecular formula is C21H27NO7. The Bertz CT molecular complexity index is 890. The van der Waals surface area contributed by atoms with Gasteiger partial charge >= 0.3 is 0 Å². The molecule has 2 bridgehead atoms. The highest BCUT2D eigenvalue weighted by Crippen LogP contribution is 2.73. The van der Waals surface area contributed by atoms with Crippen LogP contribution in [0.4, 0.5) is 0 Å². The molecule has 6 atom stereocenters. The number of hydrogen-bond donors (Lipinski definition) is 1. The molecule has 1 N–H and O–H groups in total. The van der Waals surface area contributed by atoms with E-state index >= 15 is 0 Å². The molecule has 4 aliphatic rings. The molecule has 1 saturated carbocycles. The summed E-state index contributed by atoms with van der Waals surface area (Å²) < 4.78 is 29.8. The highest BCUT2D eigenvalue weighted by atomic mass is 16.7. The van der Waals surface area contributed by atoms with Crippen LogP contribution in [0.1, 0.15) is 36.5 Å². The lowest BCUT2D eigenvalue weighted by Crippen LogP contribution is -2.77. The maximum absolute atomic E-state index is 13.2. The summed E-state index contributed by atoms with van der Waals surface area (Å²) in [7, 11) is 8.08. The average Bonchev–Trinajstić information content (AvgIpc) is 3.17. The molecule has 8 heteroatoms. The van der Waals surface area contributed by atoms with E-state index in [-0.39, 0.29) is 18.4 Å². The van der Waals surface area contributed by atoms with Gasteiger partial charge in [-0.2, -0.15) is 0 Å². The van der Waals surface area contributed by atoms with Crippen LogP contribution in [0, 0.1) is 0 Å². The zero-order valence-electron chi connectivity index (χ0n) is 17.4. The molecule has 8 nitrogen and oxygen atoms in total. The van der Waals surface area contributed by atoms with Crippen molar-refractivity contribution in [3.8, 4) is 11.5 Å². The van der Waals surface area contributed by atoms with Gasteiger partial charge in [-0.15, -0.1) is 0 Å². The Morgan fingerprint density at radius 3 is 2.55 bits per heavy atom. The molecule has 3 fully saturated rings. The minimum absolute atomic E-state index is 0.0163. The number of nitrogens with zero attached hydrogens (tertiary/aromatic N) is 1. The van der Waals surface area contributed by atoms with Gasteiger partial charge in [0.2, 0.25) is 11.7 Å². The van der Waals surface area contributed by atoms with Gasteiger partial charge in [0.25, 0.3) is 0 Å². The number of benzene rings is 1. The number of ether oxygens (including phenoxy) is 5. The van der Waals surface area contributed by atoms with Gasteiger partial charge in [0.15, 0.2) is 11.5 Å². The number of carbonyl (C=O) groups excluding carboxylic acids is 1. The van der Waals surface area contributed by atoms with Crippen LogP contribution in [-0.4, -0.2) is 74.9 Å². The summed E-state index contributed by atoms with van der Waals surface area (Å²) in [5.74, 6) is -0.147. The van der Waals surface area contributed by atoms with Gasteiger partial charge in [0, 0.05) is 45.1 Å². The first-order valence-electron chi connectivity index (χ1n) is 9.83. The van der Waals surface area contributed by atoms with Crippen LogP contribution in [0.25, 0.3) is 0 Å². The molecule has 2 aliphatic carbocycles. The SMILES string of the molecule is COc1ccc2c(c1OC)[C@@]13CC(=O)N(C)[C@@]14C[C@@H]2O[C@@]4(OC)[C@@H](OC)[C@@H](O)C3. The first-order valence-corrected chi connectivity index (χ1v) is 9.83. The fraction of sp³-hybridized carbons (Fsp3) is 0.667. The van der Waals surface area contributed by atoms with Crippen molar-refractivity contribution in [2.75, 3.05) is 35.5 Å². The highest BCUT2D eigenvalue weighted by Gasteiger charge is 2.84. The van der Waals surface area contributed by atoms with E-state index in [4.69, 9.17) is 23.7 Å². The molecule has 1 spiro atoms. The molecule has 1 aromatic carbocycles. The minimum Gasteiger partial charge on any atom is -0.493 e. The second-order valence-electron chi connectivity index (χ2n) is 8.45. The van der Waals surface area contributed by atoms with E-state index in [1.807, 2.05) is 12.1 Å². The fourth-order valence-electron chi connectivity index (χ4n) is 6.90. The molecule has 2 heterocycles. The predicted molar refractivity (Wildman–Crippen MR) is 101 cm³/mol. The number of methoxy groups -OCH3 is 4. The lowest BCUT2D eigenvalue weighted by molar-refractivity contribution is -0.338. The van der Waals surface area contributed by atoms with Gasteiger partial charge in [0.05, 0.1) is 26.4 Å². The van der Waals surface area contributed by atoms with Gasteiger partial charge in [-0.1, -0.05) is 6.07 Å². The van der Waals surface area contributed by atoms with Crippen molar-refractivity contribution >= 4 is 5.91 Å². The topological polar surface area (TPSA) is 86.7 Å². The van der Waals surface area contributed by atoms with E-state index in [0.29, 0.717) is 24.3 Å². The Morgan fingerprint density at radius 1 is 1.17 bits per heavy atom. The average molecular weight is 405 g/mol. The van der Waals surface area contributed by atoms with Crippen molar-refractivity contribution in [2.24, 2.45) is 0 Å². The monoisotopic (exact) mass is 405 g/mol. The summed E-state index contributed by atoms with van der Waals surface area (Å²) >= 11 is 0. The molecule has 5 rings (SSSR count). The maximum Gasteiger partial charge on any atom is 0.223 e. The van der Waals surface area contributed by atoms with Crippen LogP contribution in [-0.2, 0) is 24.4 Å². The van der Waals surface area contributed by atoms with E-state index in [1.54, 1.807) is 33.3 Å². The van der Waals surface area contributed by atoms with Gasteiger partial charge in [0.1, 0.15) is 11.6 Å². The molecule has 0 unspecified atom stereocenters. The highest BCUT2D eigenvalue weighted by molar-refractivity contribution is 5.85. The number of aliphatic hydroxyl groups is 1. The fourth-order valence-corrected chi connectivity index (χ4v) is 6.90. The molecule has 1 amide bonds. The van der Waals surface area contributed by atoms with Crippen molar-refractivity contribution in [3.63, 3.8) is 0 Å². The van der Waals surface area contributed by atoms with E-state index in [9.17, 15) is 9.90 Å². The van der Waals surface area contributed by atoms with Crippen LogP contribution < -0.4 is 9.47 Å². The number of fused-ring (bicyclic) bond motifs is 3. The summed E-state index contributed by atoms with van der Waals surface area (Å²) in [6.07, 6.45) is -0.810. The molecule has 158 valence electrons. The third-order valence-corrected chi connectivity index (χ3v) is 7.81. The van der Waals surface area contributed by atoms with Crippen molar-refractivity contribution < 1.29 is 33.6 Å². The summed E-state index contributed by atoms with van der Waals surface area (Å²) in [5, 5.41) is 11.2. The van der Waals surface area contributed by atoms with Crippen LogP contribution >= 0.6 is 0 Å². The molecular weight excluding hydrogens is 378 g/mol. The largest absolute Gasteiger partial charge is 0.493 e. The van der Waals surface area contributed by atoms with E-state index in [1.165, 1.54) is 7.11 Å². The summed E-state index contributed by atoms with van der Waals surface area (Å²) in [6.45, 7) is 0. The maximum atomic E-state index is 13.2. The first-order chi connectivity index (χ1) is 13.9. The van der Waals surface area contributed by atoms with Gasteiger partial charge in [-0.3, -0.25) is 4.79 Å². The smallest absolute Gasteiger partial charge is 0.223 e. The normalized spacial score (nSPS) is 41.9. The second kappa shape index (κ2) is 5.85. The number of aliphatic hydroxyl groups excluding tert-OH is 1. The third kappa shape index (κ3) is 1.79. The van der Waals surface area contributed by atoms with Crippen molar-refractivity contribution in [2.45, 2.75) is 54.3 Å². The van der Waals surface area contributed by atoms with Crippen molar-refractivity contribution in [1.29, 1.82) is 0 Å². The lowest BCUT2D eigenvalue weighted by atomic mass is 9.50. The van der Waals surface area contributed by atoms with Gasteiger partial charge in [-0.25, -0.2) is 0 Å². The molecule has 0 radical (unpaired) electrons. The molecule has 29 heavy (non-hydrogen) atoms. The van der Waals surface area contributed by atoms with E-state index in [2.05, 4.69) is 0 Å². The first kappa shape index (κ1) is 19.1. The van der Waals surface area contributed by atoms with Crippen LogP contribution in [0.3, 0.4) is 0 Å². The number of rotatable bonds is 4. The Hall–Kier alpha value is -1.87.